The molecule has 8 nitrogen and oxygen atoms in total. The lowest BCUT2D eigenvalue weighted by atomic mass is 9.99. The van der Waals surface area contributed by atoms with E-state index in [4.69, 9.17) is 9.47 Å². The number of benzene rings is 2. The van der Waals surface area contributed by atoms with Crippen molar-refractivity contribution in [3.8, 4) is 5.75 Å². The van der Waals surface area contributed by atoms with Gasteiger partial charge in [-0.15, -0.1) is 0 Å². The lowest BCUT2D eigenvalue weighted by Gasteiger charge is -2.30. The minimum Gasteiger partial charge on any atom is -0.492 e. The predicted octanol–water partition coefficient (Wildman–Crippen LogP) is 2.75. The number of carbonyl (C=O) groups excluding carboxylic acids is 1. The van der Waals surface area contributed by atoms with Crippen molar-refractivity contribution in [2.24, 2.45) is 5.92 Å². The standard InChI is InChI=1S/C26H35N3O5S/c1-21-10-13-28(14-11-21)20-22-2-4-23(5-3-22)26(30)27-12-17-34-24-6-8-25(9-7-24)35(31,32)29-15-18-33-19-16-29/h2-9,21H,10-20H2,1H3,(H,27,30). The summed E-state index contributed by atoms with van der Waals surface area (Å²) in [6.45, 7) is 7.68. The highest BCUT2D eigenvalue weighted by Gasteiger charge is 2.26. The van der Waals surface area contributed by atoms with Crippen molar-refractivity contribution in [3.63, 3.8) is 0 Å². The Morgan fingerprint density at radius 2 is 1.66 bits per heavy atom. The number of carbonyl (C=O) groups is 1. The Kier molecular flexibility index (Phi) is 8.78. The molecule has 0 radical (unpaired) electrons. The molecular weight excluding hydrogens is 466 g/mol. The van der Waals surface area contributed by atoms with E-state index in [1.165, 1.54) is 22.7 Å². The lowest BCUT2D eigenvalue weighted by molar-refractivity contribution is 0.0730. The third-order valence-corrected chi connectivity index (χ3v) is 8.50. The summed E-state index contributed by atoms with van der Waals surface area (Å²) in [6, 6.07) is 14.1. The van der Waals surface area contributed by atoms with Crippen LogP contribution in [0.5, 0.6) is 5.75 Å². The molecule has 1 amide bonds. The van der Waals surface area contributed by atoms with E-state index in [2.05, 4.69) is 17.1 Å². The first-order valence-electron chi connectivity index (χ1n) is 12.3. The topological polar surface area (TPSA) is 88.2 Å². The highest BCUT2D eigenvalue weighted by molar-refractivity contribution is 7.89. The van der Waals surface area contributed by atoms with Gasteiger partial charge in [0, 0.05) is 25.2 Å². The van der Waals surface area contributed by atoms with Gasteiger partial charge < -0.3 is 14.8 Å². The minimum absolute atomic E-state index is 0.140. The van der Waals surface area contributed by atoms with Gasteiger partial charge in [-0.1, -0.05) is 19.1 Å². The minimum atomic E-state index is -3.52. The van der Waals surface area contributed by atoms with Crippen LogP contribution in [0.15, 0.2) is 53.4 Å². The first-order valence-corrected chi connectivity index (χ1v) is 13.8. The zero-order valence-electron chi connectivity index (χ0n) is 20.3. The van der Waals surface area contributed by atoms with E-state index in [-0.39, 0.29) is 17.4 Å². The molecule has 0 atom stereocenters. The van der Waals surface area contributed by atoms with Crippen LogP contribution in [-0.2, 0) is 21.3 Å². The molecule has 1 N–H and O–H groups in total. The maximum atomic E-state index is 12.7. The van der Waals surface area contributed by atoms with Crippen molar-refractivity contribution in [2.75, 3.05) is 52.5 Å². The lowest BCUT2D eigenvalue weighted by Crippen LogP contribution is -2.40. The van der Waals surface area contributed by atoms with Crippen molar-refractivity contribution in [2.45, 2.75) is 31.2 Å². The molecule has 0 aromatic heterocycles. The van der Waals surface area contributed by atoms with Gasteiger partial charge in [0.2, 0.25) is 10.0 Å². The summed E-state index contributed by atoms with van der Waals surface area (Å²) in [5, 5.41) is 2.86. The molecular formula is C26H35N3O5S. The highest BCUT2D eigenvalue weighted by atomic mass is 32.2. The fourth-order valence-electron chi connectivity index (χ4n) is 4.32. The van der Waals surface area contributed by atoms with Crippen LogP contribution in [0.25, 0.3) is 0 Å². The maximum Gasteiger partial charge on any atom is 0.251 e. The molecule has 4 rings (SSSR count). The number of amides is 1. The molecule has 2 heterocycles. The van der Waals surface area contributed by atoms with E-state index in [9.17, 15) is 13.2 Å². The van der Waals surface area contributed by atoms with Crippen molar-refractivity contribution < 1.29 is 22.7 Å². The van der Waals surface area contributed by atoms with Gasteiger partial charge >= 0.3 is 0 Å². The molecule has 190 valence electrons. The Morgan fingerprint density at radius 1 is 1.00 bits per heavy atom. The van der Waals surface area contributed by atoms with Crippen LogP contribution < -0.4 is 10.1 Å². The number of nitrogens with one attached hydrogen (secondary N) is 1. The molecule has 35 heavy (non-hydrogen) atoms. The number of hydrogen-bond donors (Lipinski definition) is 1. The van der Waals surface area contributed by atoms with Gasteiger partial charge in [-0.2, -0.15) is 4.31 Å². The van der Waals surface area contributed by atoms with Gasteiger partial charge in [-0.3, -0.25) is 9.69 Å². The van der Waals surface area contributed by atoms with Crippen molar-refractivity contribution in [3.05, 3.63) is 59.7 Å². The average Bonchev–Trinajstić information content (AvgIpc) is 2.89. The molecule has 2 saturated heterocycles. The number of sulfonamides is 1. The van der Waals surface area contributed by atoms with Crippen LogP contribution in [0.3, 0.4) is 0 Å². The second kappa shape index (κ2) is 12.0. The van der Waals surface area contributed by atoms with Crippen LogP contribution in [0.1, 0.15) is 35.7 Å². The largest absolute Gasteiger partial charge is 0.492 e. The number of nitrogens with zero attached hydrogens (tertiary/aromatic N) is 2. The number of likely N-dealkylation sites (tertiary alicyclic amines) is 1. The van der Waals surface area contributed by atoms with Gasteiger partial charge in [0.25, 0.3) is 5.91 Å². The summed E-state index contributed by atoms with van der Waals surface area (Å²) in [7, 11) is -3.52. The normalized spacial score (nSPS) is 18.3. The molecule has 0 saturated carbocycles. The summed E-state index contributed by atoms with van der Waals surface area (Å²) in [5.41, 5.74) is 1.84. The highest BCUT2D eigenvalue weighted by Crippen LogP contribution is 2.21. The number of piperidine rings is 1. The Balaban J connectivity index is 1.19. The molecule has 0 unspecified atom stereocenters. The molecule has 0 aliphatic carbocycles. The van der Waals surface area contributed by atoms with E-state index < -0.39 is 10.0 Å². The Morgan fingerprint density at radius 3 is 2.31 bits per heavy atom. The number of hydrogen-bond acceptors (Lipinski definition) is 6. The first-order chi connectivity index (χ1) is 16.9. The number of morpholine rings is 1. The van der Waals surface area contributed by atoms with Gasteiger partial charge in [0.15, 0.2) is 0 Å². The third kappa shape index (κ3) is 7.04. The van der Waals surface area contributed by atoms with Gasteiger partial charge in [-0.05, 0) is 73.8 Å². The van der Waals surface area contributed by atoms with Crippen LogP contribution >= 0.6 is 0 Å². The fourth-order valence-corrected chi connectivity index (χ4v) is 5.73. The predicted molar refractivity (Wildman–Crippen MR) is 134 cm³/mol. The molecule has 0 spiro atoms. The van der Waals surface area contributed by atoms with E-state index in [0.29, 0.717) is 44.2 Å². The van der Waals surface area contributed by atoms with E-state index in [0.717, 1.165) is 25.6 Å². The number of ether oxygens (including phenoxy) is 2. The van der Waals surface area contributed by atoms with Crippen molar-refractivity contribution >= 4 is 15.9 Å². The third-order valence-electron chi connectivity index (χ3n) is 6.59. The SMILES string of the molecule is CC1CCN(Cc2ccc(C(=O)NCCOc3ccc(S(=O)(=O)N4CCOCC4)cc3)cc2)CC1. The molecule has 9 heteroatoms. The summed E-state index contributed by atoms with van der Waals surface area (Å²) in [5.74, 6) is 1.23. The molecule has 2 aliphatic rings. The van der Waals surface area contributed by atoms with Crippen LogP contribution in [0.2, 0.25) is 0 Å². The van der Waals surface area contributed by atoms with E-state index in [1.807, 2.05) is 24.3 Å². The summed E-state index contributed by atoms with van der Waals surface area (Å²) in [6.07, 6.45) is 2.50. The first kappa shape index (κ1) is 25.6. The summed E-state index contributed by atoms with van der Waals surface area (Å²) >= 11 is 0. The smallest absolute Gasteiger partial charge is 0.251 e. The summed E-state index contributed by atoms with van der Waals surface area (Å²) < 4.78 is 37.7. The Labute approximate surface area is 208 Å². The van der Waals surface area contributed by atoms with Gasteiger partial charge in [-0.25, -0.2) is 8.42 Å². The van der Waals surface area contributed by atoms with Gasteiger partial charge in [0.1, 0.15) is 12.4 Å². The number of rotatable bonds is 9. The molecule has 0 bridgehead atoms. The molecule has 2 fully saturated rings. The van der Waals surface area contributed by atoms with Crippen molar-refractivity contribution in [1.29, 1.82) is 0 Å². The van der Waals surface area contributed by atoms with Crippen molar-refractivity contribution in [1.82, 2.24) is 14.5 Å². The van der Waals surface area contributed by atoms with Crippen LogP contribution in [0, 0.1) is 5.92 Å². The Hall–Kier alpha value is -2.46. The maximum absolute atomic E-state index is 12.7. The molecule has 2 aliphatic heterocycles. The fraction of sp³-hybridized carbons (Fsp3) is 0.500. The monoisotopic (exact) mass is 501 g/mol. The second-order valence-corrected chi connectivity index (χ2v) is 11.2. The quantitative estimate of drug-likeness (QED) is 0.532. The average molecular weight is 502 g/mol. The molecule has 2 aromatic rings. The van der Waals surface area contributed by atoms with E-state index in [1.54, 1.807) is 24.3 Å². The van der Waals surface area contributed by atoms with E-state index >= 15 is 0 Å². The van der Waals surface area contributed by atoms with Gasteiger partial charge in [0.05, 0.1) is 24.7 Å². The second-order valence-electron chi connectivity index (χ2n) is 9.25. The zero-order valence-corrected chi connectivity index (χ0v) is 21.1. The van der Waals surface area contributed by atoms with Crippen LogP contribution in [-0.4, -0.2) is 76.1 Å². The zero-order chi connectivity index (χ0) is 24.7. The summed E-state index contributed by atoms with van der Waals surface area (Å²) in [4.78, 5) is 15.1. The van der Waals surface area contributed by atoms with Crippen LogP contribution in [0.4, 0.5) is 0 Å². The molecule has 2 aromatic carbocycles. The Bertz CT molecular complexity index is 1060.